The van der Waals surface area contributed by atoms with Gasteiger partial charge < -0.3 is 0 Å². The molecular formula is C19H12N. The molecular weight excluding hydrogens is 242 g/mol. The molecule has 0 saturated heterocycles. The maximum absolute atomic E-state index is 4.41. The number of benzene rings is 3. The Morgan fingerprint density at radius 3 is 2.30 bits per heavy atom. The first-order chi connectivity index (χ1) is 9.90. The van der Waals surface area contributed by atoms with Gasteiger partial charge in [0.15, 0.2) is 0 Å². The minimum absolute atomic E-state index is 0.983. The van der Waals surface area contributed by atoms with Gasteiger partial charge in [-0.05, 0) is 34.5 Å². The second-order valence-electron chi connectivity index (χ2n) is 4.90. The van der Waals surface area contributed by atoms with Gasteiger partial charge in [0.25, 0.3) is 0 Å². The van der Waals surface area contributed by atoms with Crippen molar-refractivity contribution >= 4 is 21.7 Å². The highest BCUT2D eigenvalue weighted by Crippen LogP contribution is 2.25. The molecule has 93 valence electrons. The molecule has 4 rings (SSSR count). The summed E-state index contributed by atoms with van der Waals surface area (Å²) in [6.45, 7) is 0. The van der Waals surface area contributed by atoms with E-state index >= 15 is 0 Å². The Kier molecular flexibility index (Phi) is 2.49. The van der Waals surface area contributed by atoms with Crippen LogP contribution in [0.15, 0.2) is 72.8 Å². The summed E-state index contributed by atoms with van der Waals surface area (Å²) in [5.74, 6) is 0. The molecule has 1 heteroatoms. The van der Waals surface area contributed by atoms with Crippen LogP contribution in [0.1, 0.15) is 0 Å². The predicted molar refractivity (Wildman–Crippen MR) is 83.5 cm³/mol. The van der Waals surface area contributed by atoms with Crippen LogP contribution in [0.4, 0.5) is 0 Å². The van der Waals surface area contributed by atoms with E-state index in [0.717, 1.165) is 22.0 Å². The summed E-state index contributed by atoms with van der Waals surface area (Å²) in [4.78, 5) is 4.41. The fourth-order valence-electron chi connectivity index (χ4n) is 2.52. The summed E-state index contributed by atoms with van der Waals surface area (Å²) in [6.07, 6.45) is 3.14. The van der Waals surface area contributed by atoms with Gasteiger partial charge in [-0.25, -0.2) is 4.98 Å². The molecule has 4 aromatic rings. The third-order valence-electron chi connectivity index (χ3n) is 3.59. The normalized spacial score (nSPS) is 11.0. The lowest BCUT2D eigenvalue weighted by Gasteiger charge is -2.05. The summed E-state index contributed by atoms with van der Waals surface area (Å²) in [5, 5.41) is 3.64. The minimum Gasteiger partial charge on any atom is -0.245 e. The van der Waals surface area contributed by atoms with Crippen molar-refractivity contribution in [2.75, 3.05) is 0 Å². The van der Waals surface area contributed by atoms with Gasteiger partial charge in [0.1, 0.15) is 0 Å². The van der Waals surface area contributed by atoms with E-state index in [-0.39, 0.29) is 0 Å². The fourth-order valence-corrected chi connectivity index (χ4v) is 2.52. The molecule has 1 radical (unpaired) electrons. The van der Waals surface area contributed by atoms with Crippen LogP contribution in [-0.4, -0.2) is 4.98 Å². The predicted octanol–water partition coefficient (Wildman–Crippen LogP) is 4.86. The Labute approximate surface area is 117 Å². The quantitative estimate of drug-likeness (QED) is 0.473. The Hall–Kier alpha value is -2.67. The summed E-state index contributed by atoms with van der Waals surface area (Å²) < 4.78 is 0. The molecule has 0 spiro atoms. The number of pyridine rings is 1. The zero-order chi connectivity index (χ0) is 13.4. The van der Waals surface area contributed by atoms with Gasteiger partial charge in [-0.2, -0.15) is 0 Å². The first-order valence-corrected chi connectivity index (χ1v) is 6.67. The summed E-state index contributed by atoms with van der Waals surface area (Å²) in [6, 6.07) is 25.1. The first-order valence-electron chi connectivity index (χ1n) is 6.67. The number of fused-ring (bicyclic) bond motifs is 2. The summed E-state index contributed by atoms with van der Waals surface area (Å²) in [5.41, 5.74) is 3.17. The van der Waals surface area contributed by atoms with Crippen molar-refractivity contribution in [3.63, 3.8) is 0 Å². The molecule has 0 amide bonds. The van der Waals surface area contributed by atoms with E-state index in [1.54, 1.807) is 0 Å². The van der Waals surface area contributed by atoms with Crippen LogP contribution in [0.3, 0.4) is 0 Å². The Bertz CT molecular complexity index is 832. The van der Waals surface area contributed by atoms with Crippen LogP contribution in [0.2, 0.25) is 0 Å². The number of nitrogens with zero attached hydrogens (tertiary/aromatic N) is 1. The van der Waals surface area contributed by atoms with E-state index < -0.39 is 0 Å². The molecule has 0 aliphatic carbocycles. The monoisotopic (exact) mass is 254 g/mol. The van der Waals surface area contributed by atoms with Crippen LogP contribution in [0, 0.1) is 6.20 Å². The second-order valence-corrected chi connectivity index (χ2v) is 4.90. The molecule has 3 aromatic carbocycles. The molecule has 0 aliphatic rings. The molecule has 0 unspecified atom stereocenters. The van der Waals surface area contributed by atoms with Crippen molar-refractivity contribution in [1.82, 2.24) is 4.98 Å². The van der Waals surface area contributed by atoms with E-state index in [4.69, 9.17) is 0 Å². The molecule has 1 heterocycles. The minimum atomic E-state index is 0.983. The summed E-state index contributed by atoms with van der Waals surface area (Å²) in [7, 11) is 0. The lowest BCUT2D eigenvalue weighted by Crippen LogP contribution is -1.84. The van der Waals surface area contributed by atoms with Crippen LogP contribution in [0.5, 0.6) is 0 Å². The van der Waals surface area contributed by atoms with E-state index in [2.05, 4.69) is 65.8 Å². The van der Waals surface area contributed by atoms with Crippen LogP contribution >= 0.6 is 0 Å². The Morgan fingerprint density at radius 1 is 0.650 bits per heavy atom. The maximum atomic E-state index is 4.41. The average Bonchev–Trinajstić information content (AvgIpc) is 2.54. The average molecular weight is 254 g/mol. The molecule has 0 aliphatic heterocycles. The van der Waals surface area contributed by atoms with Crippen molar-refractivity contribution in [2.45, 2.75) is 0 Å². The highest BCUT2D eigenvalue weighted by molar-refractivity contribution is 5.89. The van der Waals surface area contributed by atoms with Gasteiger partial charge in [-0.1, -0.05) is 54.6 Å². The number of hydrogen-bond acceptors (Lipinski definition) is 1. The molecule has 1 aromatic heterocycles. The van der Waals surface area contributed by atoms with E-state index in [9.17, 15) is 0 Å². The topological polar surface area (TPSA) is 12.9 Å². The van der Waals surface area contributed by atoms with E-state index in [0.29, 0.717) is 0 Å². The van der Waals surface area contributed by atoms with Gasteiger partial charge in [0, 0.05) is 10.9 Å². The highest BCUT2D eigenvalue weighted by Gasteiger charge is 2.02. The van der Waals surface area contributed by atoms with Gasteiger partial charge in [0.05, 0.1) is 11.7 Å². The SMILES string of the molecule is [c]1nc2ccccc2cc1-c1ccc2ccccc2c1. The maximum Gasteiger partial charge on any atom is 0.0978 e. The number of aromatic nitrogens is 1. The largest absolute Gasteiger partial charge is 0.245 e. The summed E-state index contributed by atoms with van der Waals surface area (Å²) >= 11 is 0. The number of rotatable bonds is 1. The Balaban J connectivity index is 1.91. The van der Waals surface area contributed by atoms with Crippen molar-refractivity contribution in [2.24, 2.45) is 0 Å². The van der Waals surface area contributed by atoms with Gasteiger partial charge in [0.2, 0.25) is 0 Å². The van der Waals surface area contributed by atoms with Gasteiger partial charge in [-0.3, -0.25) is 0 Å². The lowest BCUT2D eigenvalue weighted by atomic mass is 10.0. The second kappa shape index (κ2) is 4.46. The van der Waals surface area contributed by atoms with Crippen molar-refractivity contribution in [1.29, 1.82) is 0 Å². The highest BCUT2D eigenvalue weighted by atomic mass is 14.6. The van der Waals surface area contributed by atoms with Crippen molar-refractivity contribution in [3.8, 4) is 11.1 Å². The smallest absolute Gasteiger partial charge is 0.0978 e. The van der Waals surface area contributed by atoms with E-state index in [1.807, 2.05) is 18.2 Å². The van der Waals surface area contributed by atoms with Gasteiger partial charge >= 0.3 is 0 Å². The van der Waals surface area contributed by atoms with Crippen molar-refractivity contribution < 1.29 is 0 Å². The standard InChI is InChI=1S/C19H12N/c1-2-6-15-11-16(10-9-14(15)5-1)18-12-17-7-3-4-8-19(17)20-13-18/h1-12H. The van der Waals surface area contributed by atoms with Gasteiger partial charge in [-0.15, -0.1) is 0 Å². The molecule has 0 bridgehead atoms. The molecule has 0 saturated carbocycles. The third kappa shape index (κ3) is 1.84. The van der Waals surface area contributed by atoms with Crippen LogP contribution in [-0.2, 0) is 0 Å². The first kappa shape index (κ1) is 11.2. The Morgan fingerprint density at radius 2 is 1.40 bits per heavy atom. The number of hydrogen-bond donors (Lipinski definition) is 0. The van der Waals surface area contributed by atoms with E-state index in [1.165, 1.54) is 10.8 Å². The third-order valence-corrected chi connectivity index (χ3v) is 3.59. The van der Waals surface area contributed by atoms with Crippen LogP contribution in [0.25, 0.3) is 32.8 Å². The van der Waals surface area contributed by atoms with Crippen LogP contribution < -0.4 is 0 Å². The zero-order valence-electron chi connectivity index (χ0n) is 10.9. The molecule has 1 nitrogen and oxygen atoms in total. The molecule has 0 fully saturated rings. The lowest BCUT2D eigenvalue weighted by molar-refractivity contribution is 1.39. The number of para-hydroxylation sites is 1. The van der Waals surface area contributed by atoms with Crippen molar-refractivity contribution in [3.05, 3.63) is 79.0 Å². The zero-order valence-corrected chi connectivity index (χ0v) is 10.9. The fraction of sp³-hybridized carbons (Fsp3) is 0. The molecule has 0 N–H and O–H groups in total. The molecule has 20 heavy (non-hydrogen) atoms. The molecule has 0 atom stereocenters.